The van der Waals surface area contributed by atoms with Gasteiger partial charge in [0.1, 0.15) is 11.5 Å². The molecule has 3 aliphatic rings. The van der Waals surface area contributed by atoms with E-state index in [0.717, 1.165) is 27.7 Å². The second-order valence-corrected chi connectivity index (χ2v) is 7.92. The molecule has 2 aromatic rings. The molecule has 1 unspecified atom stereocenters. The van der Waals surface area contributed by atoms with Gasteiger partial charge in [-0.25, -0.2) is 0 Å². The number of H-pyrrole nitrogens is 1. The normalized spacial score (nSPS) is 30.5. The molecule has 3 atom stereocenters. The molecule has 28 heavy (non-hydrogen) atoms. The van der Waals surface area contributed by atoms with Crippen LogP contribution in [0.25, 0.3) is 10.9 Å². The first kappa shape index (κ1) is 17.1. The number of nitrogens with zero attached hydrogens (tertiary/aromatic N) is 2. The van der Waals surface area contributed by atoms with E-state index in [1.165, 1.54) is 7.11 Å². The summed E-state index contributed by atoms with van der Waals surface area (Å²) in [6.45, 7) is 2.45. The highest BCUT2D eigenvalue weighted by Crippen LogP contribution is 2.70. The number of benzene rings is 1. The molecule has 1 aromatic heterocycles. The highest BCUT2D eigenvalue weighted by molar-refractivity contribution is 6.06. The van der Waals surface area contributed by atoms with Crippen LogP contribution in [0.5, 0.6) is 0 Å². The maximum atomic E-state index is 13.5. The minimum absolute atomic E-state index is 0.133. The number of carbonyl (C=O) groups is 2. The molecule has 2 aliphatic heterocycles. The van der Waals surface area contributed by atoms with Crippen molar-refractivity contribution >= 4 is 22.8 Å². The third-order valence-corrected chi connectivity index (χ3v) is 6.83. The van der Waals surface area contributed by atoms with Gasteiger partial charge in [-0.15, -0.1) is 0 Å². The number of fused-ring (bicyclic) bond motifs is 5. The number of aromatic nitrogens is 1. The molecular weight excluding hydrogens is 354 g/mol. The van der Waals surface area contributed by atoms with Gasteiger partial charge >= 0.3 is 5.97 Å². The lowest BCUT2D eigenvalue weighted by atomic mass is 9.78. The first-order valence-electron chi connectivity index (χ1n) is 9.65. The molecule has 1 fully saturated rings. The number of amides is 1. The van der Waals surface area contributed by atoms with Crippen molar-refractivity contribution in [1.82, 2.24) is 9.88 Å². The number of para-hydroxylation sites is 1. The molecule has 142 valence electrons. The maximum Gasteiger partial charge on any atom is 0.319 e. The quantitative estimate of drug-likeness (QED) is 0.646. The number of nitriles is 1. The SMILES string of the molecule is CCC1=C[C@@]23C[C@]2(C(=O)OC)c2[nH]c4ccccc4c2CCN(C3=O)C1C#N. The van der Waals surface area contributed by atoms with Gasteiger partial charge in [-0.05, 0) is 36.5 Å². The molecule has 1 saturated carbocycles. The second-order valence-electron chi connectivity index (χ2n) is 7.92. The van der Waals surface area contributed by atoms with Crippen LogP contribution in [0, 0.1) is 16.7 Å². The Kier molecular flexibility index (Phi) is 3.34. The Hall–Kier alpha value is -3.07. The number of rotatable bonds is 2. The molecule has 1 aliphatic carbocycles. The zero-order valence-corrected chi connectivity index (χ0v) is 15.9. The highest BCUT2D eigenvalue weighted by atomic mass is 16.5. The minimum atomic E-state index is -1.05. The summed E-state index contributed by atoms with van der Waals surface area (Å²) < 4.78 is 5.22. The molecule has 3 heterocycles. The zero-order chi connectivity index (χ0) is 19.7. The Balaban J connectivity index is 1.84. The molecule has 6 nitrogen and oxygen atoms in total. The Bertz CT molecular complexity index is 1110. The van der Waals surface area contributed by atoms with E-state index in [1.807, 2.05) is 37.3 Å². The number of aromatic amines is 1. The van der Waals surface area contributed by atoms with E-state index in [4.69, 9.17) is 4.74 Å². The Morgan fingerprint density at radius 1 is 1.43 bits per heavy atom. The van der Waals surface area contributed by atoms with Crippen molar-refractivity contribution in [3.8, 4) is 6.07 Å². The van der Waals surface area contributed by atoms with Crippen molar-refractivity contribution in [2.24, 2.45) is 5.41 Å². The van der Waals surface area contributed by atoms with Gasteiger partial charge in [0.2, 0.25) is 5.91 Å². The summed E-state index contributed by atoms with van der Waals surface area (Å²) in [7, 11) is 1.37. The fraction of sp³-hybridized carbons (Fsp3) is 0.409. The van der Waals surface area contributed by atoms with Crippen LogP contribution in [0.4, 0.5) is 0 Å². The van der Waals surface area contributed by atoms with Crippen LogP contribution in [0.1, 0.15) is 31.0 Å². The van der Waals surface area contributed by atoms with Crippen molar-refractivity contribution < 1.29 is 14.3 Å². The topological polar surface area (TPSA) is 86.2 Å². The van der Waals surface area contributed by atoms with E-state index in [0.29, 0.717) is 25.8 Å². The summed E-state index contributed by atoms with van der Waals surface area (Å²) in [6, 6.07) is 9.68. The van der Waals surface area contributed by atoms with Gasteiger partial charge in [0.25, 0.3) is 0 Å². The van der Waals surface area contributed by atoms with E-state index in [2.05, 4.69) is 11.1 Å². The number of esters is 1. The molecule has 0 radical (unpaired) electrons. The third-order valence-electron chi connectivity index (χ3n) is 6.83. The summed E-state index contributed by atoms with van der Waals surface area (Å²) in [4.78, 5) is 31.8. The Labute approximate surface area is 162 Å². The van der Waals surface area contributed by atoms with Gasteiger partial charge in [0.05, 0.1) is 18.6 Å². The zero-order valence-electron chi connectivity index (χ0n) is 15.9. The molecule has 0 saturated heterocycles. The fourth-order valence-corrected chi connectivity index (χ4v) is 5.41. The number of nitrogens with one attached hydrogen (secondary N) is 1. The fourth-order valence-electron chi connectivity index (χ4n) is 5.41. The lowest BCUT2D eigenvalue weighted by Crippen LogP contribution is -2.52. The van der Waals surface area contributed by atoms with Gasteiger partial charge in [-0.3, -0.25) is 9.59 Å². The van der Waals surface area contributed by atoms with Crippen LogP contribution in [-0.4, -0.2) is 41.5 Å². The van der Waals surface area contributed by atoms with Crippen LogP contribution < -0.4 is 0 Å². The largest absolute Gasteiger partial charge is 0.468 e. The molecule has 6 heteroatoms. The van der Waals surface area contributed by atoms with Crippen molar-refractivity contribution in [2.45, 2.75) is 37.6 Å². The Morgan fingerprint density at radius 2 is 2.21 bits per heavy atom. The highest BCUT2D eigenvalue weighted by Gasteiger charge is 2.80. The van der Waals surface area contributed by atoms with Gasteiger partial charge in [-0.1, -0.05) is 31.2 Å². The van der Waals surface area contributed by atoms with Crippen LogP contribution in [-0.2, 0) is 26.2 Å². The molecule has 1 N–H and O–H groups in total. The predicted octanol–water partition coefficient (Wildman–Crippen LogP) is 2.60. The number of hydrogen-bond donors (Lipinski definition) is 1. The van der Waals surface area contributed by atoms with E-state index in [9.17, 15) is 14.9 Å². The van der Waals surface area contributed by atoms with E-state index < -0.39 is 22.8 Å². The van der Waals surface area contributed by atoms with Gasteiger partial charge < -0.3 is 14.6 Å². The lowest BCUT2D eigenvalue weighted by Gasteiger charge is -2.39. The van der Waals surface area contributed by atoms with E-state index >= 15 is 0 Å². The summed E-state index contributed by atoms with van der Waals surface area (Å²) in [5, 5.41) is 10.8. The number of carbonyl (C=O) groups excluding carboxylic acids is 2. The molecule has 5 rings (SSSR count). The van der Waals surface area contributed by atoms with Gasteiger partial charge in [-0.2, -0.15) is 5.26 Å². The summed E-state index contributed by atoms with van der Waals surface area (Å²) in [6.07, 6.45) is 3.54. The standard InChI is InChI=1S/C22H21N3O3/c1-3-13-10-21-12-22(21,20(27)28-2)18-15(14-6-4-5-7-16(14)24-18)8-9-25(19(21)26)17(13)11-23/h4-7,10,17,24H,3,8-9,12H2,1-2H3/t17?,21-,22+/m0/s1. The summed E-state index contributed by atoms with van der Waals surface area (Å²) >= 11 is 0. The number of methoxy groups -OCH3 is 1. The number of hydrogen-bond acceptors (Lipinski definition) is 4. The molecule has 1 spiro atoms. The monoisotopic (exact) mass is 375 g/mol. The minimum Gasteiger partial charge on any atom is -0.468 e. The van der Waals surface area contributed by atoms with Gasteiger partial charge in [0.15, 0.2) is 0 Å². The summed E-state index contributed by atoms with van der Waals surface area (Å²) in [5.74, 6) is -0.524. The van der Waals surface area contributed by atoms with E-state index in [-0.39, 0.29) is 5.91 Å². The Morgan fingerprint density at radius 3 is 2.93 bits per heavy atom. The van der Waals surface area contributed by atoms with Crippen LogP contribution in [0.2, 0.25) is 0 Å². The number of ether oxygens (including phenoxy) is 1. The van der Waals surface area contributed by atoms with Crippen LogP contribution in [0.3, 0.4) is 0 Å². The average Bonchev–Trinajstić information content (AvgIpc) is 3.24. The van der Waals surface area contributed by atoms with Crippen molar-refractivity contribution in [3.63, 3.8) is 0 Å². The van der Waals surface area contributed by atoms with Crippen LogP contribution >= 0.6 is 0 Å². The predicted molar refractivity (Wildman–Crippen MR) is 102 cm³/mol. The van der Waals surface area contributed by atoms with Crippen molar-refractivity contribution in [1.29, 1.82) is 5.26 Å². The molecule has 2 bridgehead atoms. The summed E-state index contributed by atoms with van der Waals surface area (Å²) in [5.41, 5.74) is 1.70. The molecule has 1 aromatic carbocycles. The first-order valence-corrected chi connectivity index (χ1v) is 9.65. The first-order chi connectivity index (χ1) is 13.5. The third kappa shape index (κ3) is 1.77. The molecular formula is C22H21N3O3. The van der Waals surface area contributed by atoms with Gasteiger partial charge in [0, 0.05) is 23.1 Å². The average molecular weight is 375 g/mol. The van der Waals surface area contributed by atoms with E-state index in [1.54, 1.807) is 4.90 Å². The molecule has 1 amide bonds. The lowest BCUT2D eigenvalue weighted by molar-refractivity contribution is -0.149. The second kappa shape index (κ2) is 5.48. The van der Waals surface area contributed by atoms with Crippen molar-refractivity contribution in [2.75, 3.05) is 13.7 Å². The smallest absolute Gasteiger partial charge is 0.319 e. The maximum absolute atomic E-state index is 13.5. The van der Waals surface area contributed by atoms with Crippen LogP contribution in [0.15, 0.2) is 35.9 Å². The van der Waals surface area contributed by atoms with Crippen molar-refractivity contribution in [3.05, 3.63) is 47.2 Å².